The lowest BCUT2D eigenvalue weighted by Gasteiger charge is -2.42. The zero-order valence-corrected chi connectivity index (χ0v) is 14.4. The van der Waals surface area contributed by atoms with Gasteiger partial charge in [-0.1, -0.05) is 6.07 Å². The van der Waals surface area contributed by atoms with Gasteiger partial charge in [0.1, 0.15) is 0 Å². The van der Waals surface area contributed by atoms with Crippen LogP contribution in [-0.2, 0) is 6.54 Å². The van der Waals surface area contributed by atoms with Gasteiger partial charge < -0.3 is 0 Å². The van der Waals surface area contributed by atoms with Crippen molar-refractivity contribution in [3.05, 3.63) is 38.3 Å². The first-order valence-corrected chi connectivity index (χ1v) is 7.97. The molecule has 0 aliphatic carbocycles. The molecular weight excluding hydrogens is 334 g/mol. The Morgan fingerprint density at radius 2 is 1.86 bits per heavy atom. The molecule has 1 aromatic rings. The average Bonchev–Trinajstić information content (AvgIpc) is 2.40. The molecule has 1 fully saturated rings. The molecule has 0 saturated carbocycles. The van der Waals surface area contributed by atoms with Gasteiger partial charge in [-0.2, -0.15) is 0 Å². The van der Waals surface area contributed by atoms with E-state index in [9.17, 15) is 10.1 Å². The number of hydrogen-bond acceptors (Lipinski definition) is 4. The Labute approximate surface area is 134 Å². The van der Waals surface area contributed by atoms with Crippen molar-refractivity contribution in [3.8, 4) is 0 Å². The molecule has 116 valence electrons. The minimum Gasteiger partial charge on any atom is -0.297 e. The first-order chi connectivity index (χ1) is 9.77. The van der Waals surface area contributed by atoms with Gasteiger partial charge in [0.15, 0.2) is 0 Å². The Morgan fingerprint density at radius 1 is 1.24 bits per heavy atom. The molecule has 1 aliphatic heterocycles. The first-order valence-electron chi connectivity index (χ1n) is 7.17. The fourth-order valence-electron chi connectivity index (χ4n) is 2.63. The molecule has 0 unspecified atom stereocenters. The van der Waals surface area contributed by atoms with Gasteiger partial charge in [0, 0.05) is 44.3 Å². The van der Waals surface area contributed by atoms with Crippen LogP contribution in [0, 0.1) is 10.1 Å². The van der Waals surface area contributed by atoms with Gasteiger partial charge in [-0.3, -0.25) is 19.9 Å². The zero-order chi connectivity index (χ0) is 15.6. The lowest BCUT2D eigenvalue weighted by Crippen LogP contribution is -2.53. The van der Waals surface area contributed by atoms with Gasteiger partial charge in [0.2, 0.25) is 0 Å². The van der Waals surface area contributed by atoms with E-state index in [-0.39, 0.29) is 16.1 Å². The van der Waals surface area contributed by atoms with E-state index >= 15 is 0 Å². The second kappa shape index (κ2) is 6.42. The number of nitro groups is 1. The quantitative estimate of drug-likeness (QED) is 0.616. The third-order valence-electron chi connectivity index (χ3n) is 3.93. The van der Waals surface area contributed by atoms with Crippen LogP contribution in [0.2, 0.25) is 0 Å². The highest BCUT2D eigenvalue weighted by atomic mass is 79.9. The minimum atomic E-state index is -0.342. The molecule has 0 aromatic heterocycles. The molecule has 21 heavy (non-hydrogen) atoms. The maximum absolute atomic E-state index is 11.0. The summed E-state index contributed by atoms with van der Waals surface area (Å²) in [5.41, 5.74) is 1.35. The van der Waals surface area contributed by atoms with E-state index in [0.717, 1.165) is 38.3 Å². The minimum absolute atomic E-state index is 0.140. The summed E-state index contributed by atoms with van der Waals surface area (Å²) in [6.07, 6.45) is 0. The molecule has 0 spiro atoms. The lowest BCUT2D eigenvalue weighted by atomic mass is 10.0. The summed E-state index contributed by atoms with van der Waals surface area (Å²) in [5, 5.41) is 11.0. The predicted molar refractivity (Wildman–Crippen MR) is 87.4 cm³/mol. The number of rotatable bonds is 3. The Morgan fingerprint density at radius 3 is 2.38 bits per heavy atom. The highest BCUT2D eigenvalue weighted by molar-refractivity contribution is 9.10. The van der Waals surface area contributed by atoms with E-state index in [0.29, 0.717) is 4.47 Å². The molecule has 0 radical (unpaired) electrons. The summed E-state index contributed by atoms with van der Waals surface area (Å²) < 4.78 is 0.536. The number of benzene rings is 1. The molecule has 1 aromatic carbocycles. The zero-order valence-electron chi connectivity index (χ0n) is 12.8. The molecule has 5 nitrogen and oxygen atoms in total. The highest BCUT2D eigenvalue weighted by Crippen LogP contribution is 2.26. The van der Waals surface area contributed by atoms with Crippen LogP contribution < -0.4 is 0 Å². The monoisotopic (exact) mass is 355 g/mol. The first kappa shape index (κ1) is 16.4. The van der Waals surface area contributed by atoms with Crippen LogP contribution in [0.15, 0.2) is 22.7 Å². The van der Waals surface area contributed by atoms with E-state index in [4.69, 9.17) is 0 Å². The summed E-state index contributed by atoms with van der Waals surface area (Å²) >= 11 is 3.22. The lowest BCUT2D eigenvalue weighted by molar-refractivity contribution is -0.385. The van der Waals surface area contributed by atoms with Gasteiger partial charge in [0.25, 0.3) is 5.69 Å². The van der Waals surface area contributed by atoms with Crippen LogP contribution in [0.5, 0.6) is 0 Å². The Balaban J connectivity index is 1.98. The van der Waals surface area contributed by atoms with Gasteiger partial charge in [0.05, 0.1) is 9.40 Å². The van der Waals surface area contributed by atoms with E-state index in [2.05, 4.69) is 46.5 Å². The molecule has 1 aliphatic rings. The van der Waals surface area contributed by atoms with Gasteiger partial charge in [-0.05, 0) is 48.3 Å². The Kier molecular flexibility index (Phi) is 5.01. The van der Waals surface area contributed by atoms with E-state index in [1.165, 1.54) is 0 Å². The van der Waals surface area contributed by atoms with Crippen molar-refractivity contribution in [1.82, 2.24) is 9.80 Å². The van der Waals surface area contributed by atoms with Crippen molar-refractivity contribution < 1.29 is 4.92 Å². The van der Waals surface area contributed by atoms with Crippen molar-refractivity contribution >= 4 is 21.6 Å². The summed E-state index contributed by atoms with van der Waals surface area (Å²) in [6.45, 7) is 11.6. The van der Waals surface area contributed by atoms with Crippen LogP contribution in [0.25, 0.3) is 0 Å². The highest BCUT2D eigenvalue weighted by Gasteiger charge is 2.26. The van der Waals surface area contributed by atoms with Crippen molar-refractivity contribution in [2.75, 3.05) is 26.2 Å². The normalized spacial score (nSPS) is 17.9. The Bertz CT molecular complexity index is 520. The number of halogens is 1. The van der Waals surface area contributed by atoms with Crippen molar-refractivity contribution in [3.63, 3.8) is 0 Å². The second-order valence-corrected chi connectivity index (χ2v) is 7.33. The molecule has 0 N–H and O–H groups in total. The predicted octanol–water partition coefficient (Wildman–Crippen LogP) is 3.27. The standard InChI is InChI=1S/C15H22BrN3O2/c1-15(2,3)18-8-6-17(7-9-18)11-12-4-5-13(16)14(10-12)19(20)21/h4-5,10H,6-9,11H2,1-3H3. The number of piperazine rings is 1. The van der Waals surface area contributed by atoms with Crippen LogP contribution in [-0.4, -0.2) is 46.4 Å². The molecule has 0 bridgehead atoms. The van der Waals surface area contributed by atoms with Crippen molar-refractivity contribution in [1.29, 1.82) is 0 Å². The summed E-state index contributed by atoms with van der Waals surface area (Å²) in [7, 11) is 0. The van der Waals surface area contributed by atoms with Crippen LogP contribution in [0.3, 0.4) is 0 Å². The van der Waals surface area contributed by atoms with E-state index < -0.39 is 0 Å². The van der Waals surface area contributed by atoms with Crippen molar-refractivity contribution in [2.24, 2.45) is 0 Å². The van der Waals surface area contributed by atoms with Crippen LogP contribution in [0.1, 0.15) is 26.3 Å². The number of hydrogen-bond donors (Lipinski definition) is 0. The smallest absolute Gasteiger partial charge is 0.283 e. The average molecular weight is 356 g/mol. The Hall–Kier alpha value is -0.980. The maximum atomic E-state index is 11.0. The molecule has 1 heterocycles. The topological polar surface area (TPSA) is 49.6 Å². The largest absolute Gasteiger partial charge is 0.297 e. The van der Waals surface area contributed by atoms with Crippen LogP contribution >= 0.6 is 15.9 Å². The van der Waals surface area contributed by atoms with Crippen LogP contribution in [0.4, 0.5) is 5.69 Å². The van der Waals surface area contributed by atoms with Gasteiger partial charge in [-0.25, -0.2) is 0 Å². The molecular formula is C15H22BrN3O2. The third-order valence-corrected chi connectivity index (χ3v) is 4.60. The maximum Gasteiger partial charge on any atom is 0.283 e. The molecule has 1 saturated heterocycles. The summed E-state index contributed by atoms with van der Waals surface area (Å²) in [5.74, 6) is 0. The second-order valence-electron chi connectivity index (χ2n) is 6.48. The summed E-state index contributed by atoms with van der Waals surface area (Å²) in [6, 6.07) is 5.38. The third kappa shape index (κ3) is 4.25. The molecule has 6 heteroatoms. The van der Waals surface area contributed by atoms with Gasteiger partial charge in [-0.15, -0.1) is 0 Å². The van der Waals surface area contributed by atoms with E-state index in [1.807, 2.05) is 6.07 Å². The SMILES string of the molecule is CC(C)(C)N1CCN(Cc2ccc(Br)c([N+](=O)[O-])c2)CC1. The van der Waals surface area contributed by atoms with Gasteiger partial charge >= 0.3 is 0 Å². The number of nitrogens with zero attached hydrogens (tertiary/aromatic N) is 3. The molecule has 2 rings (SSSR count). The number of nitro benzene ring substituents is 1. The fourth-order valence-corrected chi connectivity index (χ4v) is 3.02. The molecule has 0 amide bonds. The van der Waals surface area contributed by atoms with E-state index in [1.54, 1.807) is 12.1 Å². The molecule has 0 atom stereocenters. The van der Waals surface area contributed by atoms with Crippen molar-refractivity contribution in [2.45, 2.75) is 32.9 Å². The fraction of sp³-hybridized carbons (Fsp3) is 0.600. The summed E-state index contributed by atoms with van der Waals surface area (Å²) in [4.78, 5) is 15.5.